The van der Waals surface area contributed by atoms with E-state index in [1.54, 1.807) is 11.3 Å². The summed E-state index contributed by atoms with van der Waals surface area (Å²) in [4.78, 5) is 5.10. The van der Waals surface area contributed by atoms with Crippen molar-refractivity contribution in [2.45, 2.75) is 13.0 Å². The fourth-order valence-electron chi connectivity index (χ4n) is 1.20. The van der Waals surface area contributed by atoms with Crippen molar-refractivity contribution < 1.29 is 4.52 Å². The van der Waals surface area contributed by atoms with Crippen LogP contribution in [0.1, 0.15) is 10.8 Å². The van der Waals surface area contributed by atoms with Crippen molar-refractivity contribution in [3.63, 3.8) is 0 Å². The van der Waals surface area contributed by atoms with Gasteiger partial charge in [0.05, 0.1) is 0 Å². The second-order valence-electron chi connectivity index (χ2n) is 3.06. The van der Waals surface area contributed by atoms with Gasteiger partial charge < -0.3 is 15.6 Å². The Hall–Kier alpha value is -1.40. The van der Waals surface area contributed by atoms with Crippen LogP contribution in [0.4, 0.5) is 5.69 Å². The molecule has 0 aliphatic heterocycles. The molecule has 0 radical (unpaired) electrons. The summed E-state index contributed by atoms with van der Waals surface area (Å²) in [5, 5.41) is 8.79. The molecule has 0 spiro atoms. The van der Waals surface area contributed by atoms with Crippen LogP contribution in [-0.2, 0) is 13.0 Å². The maximum atomic E-state index is 5.75. The van der Waals surface area contributed by atoms with Gasteiger partial charge >= 0.3 is 0 Å². The first kappa shape index (κ1) is 10.1. The molecule has 3 N–H and O–H groups in total. The molecule has 0 saturated carbocycles. The first-order chi connectivity index (χ1) is 7.36. The molecule has 0 unspecified atom stereocenters. The van der Waals surface area contributed by atoms with Gasteiger partial charge in [0.25, 0.3) is 0 Å². The maximum absolute atomic E-state index is 5.75. The minimum Gasteiger partial charge on any atom is -0.398 e. The lowest BCUT2D eigenvalue weighted by atomic mass is 10.3. The van der Waals surface area contributed by atoms with Crippen LogP contribution in [0.2, 0.25) is 0 Å². The standard InChI is InChI=1S/C9H12N4OS/c10-7-2-4-15-8(7)5-11-3-1-9-12-6-13-14-9/h2,4,6,11H,1,3,5,10H2. The Kier molecular flexibility index (Phi) is 3.31. The van der Waals surface area contributed by atoms with Gasteiger partial charge in [0.15, 0.2) is 6.33 Å². The number of rotatable bonds is 5. The molecule has 2 heterocycles. The Morgan fingerprint density at radius 1 is 1.53 bits per heavy atom. The lowest BCUT2D eigenvalue weighted by Gasteiger charge is -2.01. The first-order valence-electron chi connectivity index (χ1n) is 4.64. The van der Waals surface area contributed by atoms with E-state index in [4.69, 9.17) is 10.3 Å². The predicted octanol–water partition coefficient (Wildman–Crippen LogP) is 1.05. The number of nitrogens with two attached hydrogens (primary N) is 1. The van der Waals surface area contributed by atoms with E-state index < -0.39 is 0 Å². The molecule has 0 bridgehead atoms. The minimum absolute atomic E-state index is 0.654. The number of nitrogens with zero attached hydrogens (tertiary/aromatic N) is 2. The molecule has 0 atom stereocenters. The van der Waals surface area contributed by atoms with E-state index >= 15 is 0 Å². The van der Waals surface area contributed by atoms with E-state index in [1.807, 2.05) is 11.4 Å². The van der Waals surface area contributed by atoms with Crippen molar-refractivity contribution in [1.29, 1.82) is 0 Å². The molecule has 2 aromatic heterocycles. The average Bonchev–Trinajstić information content (AvgIpc) is 2.85. The SMILES string of the molecule is Nc1ccsc1CNCCc1ncno1. The lowest BCUT2D eigenvalue weighted by molar-refractivity contribution is 0.375. The molecule has 6 heteroatoms. The molecule has 0 aliphatic carbocycles. The van der Waals surface area contributed by atoms with Crippen molar-refractivity contribution >= 4 is 17.0 Å². The van der Waals surface area contributed by atoms with Crippen molar-refractivity contribution in [1.82, 2.24) is 15.5 Å². The van der Waals surface area contributed by atoms with Crippen LogP contribution in [0.25, 0.3) is 0 Å². The molecule has 0 aliphatic rings. The van der Waals surface area contributed by atoms with Crippen LogP contribution < -0.4 is 11.1 Å². The smallest absolute Gasteiger partial charge is 0.227 e. The first-order valence-corrected chi connectivity index (χ1v) is 5.52. The van der Waals surface area contributed by atoms with Gasteiger partial charge in [-0.1, -0.05) is 5.16 Å². The Morgan fingerprint density at radius 3 is 3.13 bits per heavy atom. The number of anilines is 1. The fraction of sp³-hybridized carbons (Fsp3) is 0.333. The minimum atomic E-state index is 0.654. The summed E-state index contributed by atoms with van der Waals surface area (Å²) in [6.07, 6.45) is 2.15. The van der Waals surface area contributed by atoms with Crippen molar-refractivity contribution in [3.05, 3.63) is 28.5 Å². The van der Waals surface area contributed by atoms with Crippen LogP contribution in [-0.4, -0.2) is 16.7 Å². The number of hydrogen-bond donors (Lipinski definition) is 2. The summed E-state index contributed by atoms with van der Waals surface area (Å²) in [6, 6.07) is 1.92. The van der Waals surface area contributed by atoms with Crippen LogP contribution in [0.3, 0.4) is 0 Å². The highest BCUT2D eigenvalue weighted by Gasteiger charge is 2.01. The fourth-order valence-corrected chi connectivity index (χ4v) is 1.97. The van der Waals surface area contributed by atoms with Gasteiger partial charge in [0.2, 0.25) is 5.89 Å². The monoisotopic (exact) mass is 224 g/mol. The van der Waals surface area contributed by atoms with Crippen LogP contribution >= 0.6 is 11.3 Å². The average molecular weight is 224 g/mol. The van der Waals surface area contributed by atoms with E-state index in [0.717, 1.165) is 25.2 Å². The van der Waals surface area contributed by atoms with Gasteiger partial charge in [-0.15, -0.1) is 11.3 Å². The molecule has 0 aromatic carbocycles. The van der Waals surface area contributed by atoms with Gasteiger partial charge in [-0.05, 0) is 11.4 Å². The van der Waals surface area contributed by atoms with Crippen molar-refractivity contribution in [3.8, 4) is 0 Å². The molecule has 2 rings (SSSR count). The third-order valence-electron chi connectivity index (χ3n) is 1.99. The van der Waals surface area contributed by atoms with E-state index in [9.17, 15) is 0 Å². The molecule has 5 nitrogen and oxygen atoms in total. The topological polar surface area (TPSA) is 77.0 Å². The summed E-state index contributed by atoms with van der Waals surface area (Å²) in [5.74, 6) is 0.654. The van der Waals surface area contributed by atoms with E-state index in [1.165, 1.54) is 11.2 Å². The van der Waals surface area contributed by atoms with Gasteiger partial charge in [0, 0.05) is 30.1 Å². The summed E-state index contributed by atoms with van der Waals surface area (Å²) in [6.45, 7) is 1.59. The van der Waals surface area contributed by atoms with Crippen LogP contribution in [0, 0.1) is 0 Å². The summed E-state index contributed by atoms with van der Waals surface area (Å²) in [7, 11) is 0. The van der Waals surface area contributed by atoms with Gasteiger partial charge in [0.1, 0.15) is 0 Å². The molecule has 15 heavy (non-hydrogen) atoms. The number of thiophene rings is 1. The Morgan fingerprint density at radius 2 is 2.47 bits per heavy atom. The number of nitrogen functional groups attached to an aromatic ring is 1. The maximum Gasteiger partial charge on any atom is 0.227 e. The van der Waals surface area contributed by atoms with Gasteiger partial charge in [-0.3, -0.25) is 0 Å². The Bertz CT molecular complexity index is 398. The highest BCUT2D eigenvalue weighted by molar-refractivity contribution is 7.10. The predicted molar refractivity (Wildman–Crippen MR) is 58.4 cm³/mol. The normalized spacial score (nSPS) is 10.7. The van der Waals surface area contributed by atoms with Crippen molar-refractivity contribution in [2.24, 2.45) is 0 Å². The van der Waals surface area contributed by atoms with E-state index in [2.05, 4.69) is 15.5 Å². The largest absolute Gasteiger partial charge is 0.398 e. The third kappa shape index (κ3) is 2.77. The molecular formula is C9H12N4OS. The van der Waals surface area contributed by atoms with Crippen LogP contribution in [0.5, 0.6) is 0 Å². The van der Waals surface area contributed by atoms with E-state index in [-0.39, 0.29) is 0 Å². The molecule has 0 fully saturated rings. The zero-order valence-electron chi connectivity index (χ0n) is 8.14. The van der Waals surface area contributed by atoms with Crippen molar-refractivity contribution in [2.75, 3.05) is 12.3 Å². The number of nitrogens with one attached hydrogen (secondary N) is 1. The molecular weight excluding hydrogens is 212 g/mol. The summed E-state index contributed by atoms with van der Waals surface area (Å²) >= 11 is 1.66. The molecule has 0 amide bonds. The summed E-state index contributed by atoms with van der Waals surface area (Å²) in [5.41, 5.74) is 6.60. The highest BCUT2D eigenvalue weighted by atomic mass is 32.1. The summed E-state index contributed by atoms with van der Waals surface area (Å²) < 4.78 is 4.87. The van der Waals surface area contributed by atoms with Gasteiger partial charge in [-0.2, -0.15) is 4.98 Å². The second-order valence-corrected chi connectivity index (χ2v) is 4.06. The van der Waals surface area contributed by atoms with Gasteiger partial charge in [-0.25, -0.2) is 0 Å². The number of aromatic nitrogens is 2. The van der Waals surface area contributed by atoms with Crippen LogP contribution in [0.15, 0.2) is 22.3 Å². The highest BCUT2D eigenvalue weighted by Crippen LogP contribution is 2.17. The molecule has 2 aromatic rings. The number of hydrogen-bond acceptors (Lipinski definition) is 6. The third-order valence-corrected chi connectivity index (χ3v) is 2.92. The lowest BCUT2D eigenvalue weighted by Crippen LogP contribution is -2.16. The van der Waals surface area contributed by atoms with E-state index in [0.29, 0.717) is 5.89 Å². The molecule has 0 saturated heterocycles. The second kappa shape index (κ2) is 4.90. The zero-order valence-corrected chi connectivity index (χ0v) is 8.96. The Balaban J connectivity index is 1.70. The quantitative estimate of drug-likeness (QED) is 0.742. The zero-order chi connectivity index (χ0) is 10.5. The molecule has 80 valence electrons. The Labute approximate surface area is 91.3 Å².